The van der Waals surface area contributed by atoms with Gasteiger partial charge in [-0.15, -0.1) is 10.2 Å². The van der Waals surface area contributed by atoms with Crippen molar-refractivity contribution in [2.45, 2.75) is 19.9 Å². The molecule has 0 saturated heterocycles. The molecule has 1 amide bonds. The number of carbonyl (C=O) groups is 1. The number of hydrogen-bond donors (Lipinski definition) is 1. The predicted octanol–water partition coefficient (Wildman–Crippen LogP) is 4.36. The molecule has 2 heterocycles. The van der Waals surface area contributed by atoms with Gasteiger partial charge in [0.1, 0.15) is 11.6 Å². The van der Waals surface area contributed by atoms with Crippen molar-refractivity contribution >= 4 is 33.3 Å². The lowest BCUT2D eigenvalue weighted by Crippen LogP contribution is -2.19. The third-order valence-corrected chi connectivity index (χ3v) is 5.18. The zero-order valence-electron chi connectivity index (χ0n) is 14.3. The third-order valence-electron chi connectivity index (χ3n) is 4.20. The first-order chi connectivity index (χ1) is 12.7. The van der Waals surface area contributed by atoms with E-state index >= 15 is 0 Å². The molecule has 130 valence electrons. The zero-order valence-corrected chi connectivity index (χ0v) is 15.2. The van der Waals surface area contributed by atoms with Gasteiger partial charge in [0.2, 0.25) is 11.0 Å². The third kappa shape index (κ3) is 3.23. The van der Waals surface area contributed by atoms with E-state index < -0.39 is 0 Å². The Morgan fingerprint density at radius 2 is 1.85 bits per heavy atom. The van der Waals surface area contributed by atoms with Crippen molar-refractivity contribution in [1.82, 2.24) is 14.8 Å². The Balaban J connectivity index is 1.67. The highest BCUT2D eigenvalue weighted by molar-refractivity contribution is 7.15. The van der Waals surface area contributed by atoms with Gasteiger partial charge in [-0.3, -0.25) is 10.1 Å². The minimum absolute atomic E-state index is 0.109. The van der Waals surface area contributed by atoms with Crippen LogP contribution in [0.4, 0.5) is 5.13 Å². The molecule has 5 nitrogen and oxygen atoms in total. The summed E-state index contributed by atoms with van der Waals surface area (Å²) in [4.78, 5) is 12.6. The monoisotopic (exact) mass is 362 g/mol. The molecule has 0 aliphatic heterocycles. The Labute approximate surface area is 155 Å². The number of anilines is 1. The van der Waals surface area contributed by atoms with Crippen LogP contribution in [0.5, 0.6) is 0 Å². The number of carbonyl (C=O) groups excluding carboxylic acids is 1. The average Bonchev–Trinajstić information content (AvgIpc) is 3.27. The molecule has 2 aromatic carbocycles. The standard InChI is InChI=1S/C20H18N4OS/c1-2-19-22-23-20(26-19)21-18(25)13-24-16-11-7-6-10-15(16)12-17(24)14-8-4-3-5-9-14/h3-12H,2,13H2,1H3,(H,21,23,25). The number of nitrogens with one attached hydrogen (secondary N) is 1. The predicted molar refractivity (Wildman–Crippen MR) is 105 cm³/mol. The van der Waals surface area contributed by atoms with Gasteiger partial charge in [-0.25, -0.2) is 0 Å². The topological polar surface area (TPSA) is 59.8 Å². The summed E-state index contributed by atoms with van der Waals surface area (Å²) >= 11 is 1.41. The number of aryl methyl sites for hydroxylation is 1. The van der Waals surface area contributed by atoms with Crippen molar-refractivity contribution in [1.29, 1.82) is 0 Å². The molecule has 0 aliphatic rings. The molecular weight excluding hydrogens is 344 g/mol. The smallest absolute Gasteiger partial charge is 0.246 e. The number of para-hydroxylation sites is 1. The molecule has 26 heavy (non-hydrogen) atoms. The van der Waals surface area contributed by atoms with E-state index in [2.05, 4.69) is 39.8 Å². The van der Waals surface area contributed by atoms with Crippen molar-refractivity contribution in [3.05, 3.63) is 65.7 Å². The first-order valence-corrected chi connectivity index (χ1v) is 9.32. The SMILES string of the molecule is CCc1nnc(NC(=O)Cn2c(-c3ccccc3)cc3ccccc32)s1. The van der Waals surface area contributed by atoms with Crippen molar-refractivity contribution in [3.8, 4) is 11.3 Å². The first-order valence-electron chi connectivity index (χ1n) is 8.50. The molecule has 1 N–H and O–H groups in total. The van der Waals surface area contributed by atoms with Crippen LogP contribution in [0.3, 0.4) is 0 Å². The maximum absolute atomic E-state index is 12.6. The summed E-state index contributed by atoms with van der Waals surface area (Å²) in [6.07, 6.45) is 0.813. The minimum Gasteiger partial charge on any atom is -0.331 e. The number of rotatable bonds is 5. The van der Waals surface area contributed by atoms with Crippen molar-refractivity contribution in [3.63, 3.8) is 0 Å². The molecule has 6 heteroatoms. The van der Waals surface area contributed by atoms with Gasteiger partial charge in [0, 0.05) is 16.6 Å². The lowest BCUT2D eigenvalue weighted by Gasteiger charge is -2.10. The van der Waals surface area contributed by atoms with E-state index in [1.54, 1.807) is 0 Å². The molecule has 0 saturated carbocycles. The lowest BCUT2D eigenvalue weighted by atomic mass is 10.1. The van der Waals surface area contributed by atoms with Crippen LogP contribution in [0, 0.1) is 0 Å². The summed E-state index contributed by atoms with van der Waals surface area (Å²) in [7, 11) is 0. The fourth-order valence-electron chi connectivity index (χ4n) is 2.98. The Hall–Kier alpha value is -2.99. The maximum atomic E-state index is 12.6. The quantitative estimate of drug-likeness (QED) is 0.574. The summed E-state index contributed by atoms with van der Waals surface area (Å²) in [6, 6.07) is 20.3. The number of amides is 1. The van der Waals surface area contributed by atoms with Crippen LogP contribution < -0.4 is 5.32 Å². The van der Waals surface area contributed by atoms with Crippen LogP contribution in [0.2, 0.25) is 0 Å². The summed E-state index contributed by atoms with van der Waals surface area (Å²) < 4.78 is 2.04. The number of fused-ring (bicyclic) bond motifs is 1. The number of benzene rings is 2. The largest absolute Gasteiger partial charge is 0.331 e. The fraction of sp³-hybridized carbons (Fsp3) is 0.150. The summed E-state index contributed by atoms with van der Waals surface area (Å²) in [5.74, 6) is -0.109. The van der Waals surface area contributed by atoms with E-state index in [9.17, 15) is 4.79 Å². The van der Waals surface area contributed by atoms with Crippen molar-refractivity contribution in [2.75, 3.05) is 5.32 Å². The van der Waals surface area contributed by atoms with Crippen LogP contribution in [0.1, 0.15) is 11.9 Å². The first kappa shape index (κ1) is 16.5. The summed E-state index contributed by atoms with van der Waals surface area (Å²) in [5.41, 5.74) is 3.14. The molecule has 4 aromatic rings. The molecule has 2 aromatic heterocycles. The van der Waals surface area contributed by atoms with Gasteiger partial charge in [0.15, 0.2) is 0 Å². The molecule has 4 rings (SSSR count). The molecule has 0 radical (unpaired) electrons. The molecule has 0 aliphatic carbocycles. The van der Waals surface area contributed by atoms with Crippen LogP contribution >= 0.6 is 11.3 Å². The lowest BCUT2D eigenvalue weighted by molar-refractivity contribution is -0.116. The molecular formula is C20H18N4OS. The second-order valence-electron chi connectivity index (χ2n) is 5.94. The van der Waals surface area contributed by atoms with Crippen molar-refractivity contribution in [2.24, 2.45) is 0 Å². The zero-order chi connectivity index (χ0) is 17.9. The van der Waals surface area contributed by atoms with E-state index in [0.717, 1.165) is 33.6 Å². The van der Waals surface area contributed by atoms with E-state index in [1.165, 1.54) is 11.3 Å². The van der Waals surface area contributed by atoms with Gasteiger partial charge in [-0.05, 0) is 24.1 Å². The number of hydrogen-bond acceptors (Lipinski definition) is 4. The summed E-state index contributed by atoms with van der Waals surface area (Å²) in [5, 5.41) is 13.5. The Kier molecular flexibility index (Phi) is 4.50. The van der Waals surface area contributed by atoms with E-state index in [-0.39, 0.29) is 12.5 Å². The van der Waals surface area contributed by atoms with E-state index in [0.29, 0.717) is 5.13 Å². The van der Waals surface area contributed by atoms with Gasteiger partial charge >= 0.3 is 0 Å². The average molecular weight is 362 g/mol. The van der Waals surface area contributed by atoms with Crippen LogP contribution in [0.15, 0.2) is 60.7 Å². The normalized spacial score (nSPS) is 11.0. The summed E-state index contributed by atoms with van der Waals surface area (Å²) in [6.45, 7) is 2.24. The van der Waals surface area contributed by atoms with Gasteiger partial charge in [0.05, 0.1) is 0 Å². The molecule has 0 spiro atoms. The maximum Gasteiger partial charge on any atom is 0.246 e. The van der Waals surface area contributed by atoms with E-state index in [1.807, 2.05) is 47.9 Å². The highest BCUT2D eigenvalue weighted by Crippen LogP contribution is 2.28. The minimum atomic E-state index is -0.109. The molecule has 0 atom stereocenters. The highest BCUT2D eigenvalue weighted by Gasteiger charge is 2.14. The second kappa shape index (κ2) is 7.09. The Bertz CT molecular complexity index is 1050. The van der Waals surface area contributed by atoms with Gasteiger partial charge < -0.3 is 4.57 Å². The fourth-order valence-corrected chi connectivity index (χ4v) is 3.67. The van der Waals surface area contributed by atoms with Crippen LogP contribution in [-0.4, -0.2) is 20.7 Å². The Morgan fingerprint density at radius 1 is 1.08 bits per heavy atom. The second-order valence-corrected chi connectivity index (χ2v) is 7.01. The molecule has 0 fully saturated rings. The van der Waals surface area contributed by atoms with E-state index in [4.69, 9.17) is 0 Å². The van der Waals surface area contributed by atoms with Gasteiger partial charge in [-0.1, -0.05) is 66.8 Å². The molecule has 0 bridgehead atoms. The number of nitrogens with zero attached hydrogens (tertiary/aromatic N) is 3. The van der Waals surface area contributed by atoms with Crippen molar-refractivity contribution < 1.29 is 4.79 Å². The Morgan fingerprint density at radius 3 is 2.62 bits per heavy atom. The highest BCUT2D eigenvalue weighted by atomic mass is 32.1. The van der Waals surface area contributed by atoms with Crippen LogP contribution in [0.25, 0.3) is 22.2 Å². The van der Waals surface area contributed by atoms with Crippen LogP contribution in [-0.2, 0) is 17.8 Å². The van der Waals surface area contributed by atoms with Gasteiger partial charge in [0.25, 0.3) is 0 Å². The van der Waals surface area contributed by atoms with Gasteiger partial charge in [-0.2, -0.15) is 0 Å². The molecule has 0 unspecified atom stereocenters. The number of aromatic nitrogens is 3.